The molecule has 138 valence electrons. The molecule has 2 fully saturated rings. The topological polar surface area (TPSA) is 74.2 Å². The molecule has 0 unspecified atom stereocenters. The van der Waals surface area contributed by atoms with Crippen molar-refractivity contribution in [3.05, 3.63) is 42.0 Å². The van der Waals surface area contributed by atoms with Crippen molar-refractivity contribution >= 4 is 16.7 Å². The maximum atomic E-state index is 12.6. The van der Waals surface area contributed by atoms with E-state index in [1.54, 1.807) is 7.11 Å². The van der Waals surface area contributed by atoms with Gasteiger partial charge in [-0.25, -0.2) is 0 Å². The van der Waals surface area contributed by atoms with Gasteiger partial charge in [0.15, 0.2) is 6.10 Å². The fourth-order valence-electron chi connectivity index (χ4n) is 3.57. The van der Waals surface area contributed by atoms with E-state index in [0.29, 0.717) is 0 Å². The molecule has 0 amide bonds. The van der Waals surface area contributed by atoms with Gasteiger partial charge in [-0.3, -0.25) is 4.79 Å². The summed E-state index contributed by atoms with van der Waals surface area (Å²) in [4.78, 5) is 12.6. The number of carbonyl (C=O) groups is 1. The van der Waals surface area contributed by atoms with Crippen LogP contribution >= 0.6 is 0 Å². The van der Waals surface area contributed by atoms with Crippen LogP contribution < -0.4 is 4.74 Å². The van der Waals surface area contributed by atoms with Crippen molar-refractivity contribution in [1.82, 2.24) is 0 Å². The highest BCUT2D eigenvalue weighted by Crippen LogP contribution is 2.31. The number of methoxy groups -OCH3 is 1. The highest BCUT2D eigenvalue weighted by Gasteiger charge is 2.49. The van der Waals surface area contributed by atoms with Crippen molar-refractivity contribution in [3.63, 3.8) is 0 Å². The van der Waals surface area contributed by atoms with Crippen molar-refractivity contribution in [2.45, 2.75) is 37.3 Å². The Kier molecular flexibility index (Phi) is 4.56. The number of esters is 1. The molecule has 2 saturated heterocycles. The van der Waals surface area contributed by atoms with Crippen molar-refractivity contribution in [2.24, 2.45) is 0 Å². The zero-order valence-corrected chi connectivity index (χ0v) is 14.8. The van der Waals surface area contributed by atoms with E-state index in [0.717, 1.165) is 22.1 Å². The van der Waals surface area contributed by atoms with E-state index in [2.05, 4.69) is 0 Å². The van der Waals surface area contributed by atoms with E-state index in [-0.39, 0.29) is 25.3 Å². The second-order valence-electron chi connectivity index (χ2n) is 6.83. The normalized spacial score (nSPS) is 28.7. The first-order chi connectivity index (χ1) is 12.6. The van der Waals surface area contributed by atoms with Crippen LogP contribution in [0.5, 0.6) is 5.75 Å². The average molecular weight is 358 g/mol. The summed E-state index contributed by atoms with van der Waals surface area (Å²) in [6, 6.07) is 11.7. The molecule has 6 nitrogen and oxygen atoms in total. The molecule has 2 aromatic rings. The maximum absolute atomic E-state index is 12.6. The molecule has 2 heterocycles. The molecule has 0 aliphatic carbocycles. The molecule has 4 rings (SSSR count). The number of ether oxygens (including phenoxy) is 4. The first-order valence-corrected chi connectivity index (χ1v) is 8.76. The lowest BCUT2D eigenvalue weighted by atomic mass is 9.97. The largest absolute Gasteiger partial charge is 0.497 e. The van der Waals surface area contributed by atoms with E-state index in [9.17, 15) is 9.90 Å². The number of carbonyl (C=O) groups excluding carboxylic acids is 1. The molecule has 2 aromatic carbocycles. The molecule has 0 aromatic heterocycles. The van der Waals surface area contributed by atoms with Crippen molar-refractivity contribution in [2.75, 3.05) is 20.3 Å². The molecule has 2 aliphatic rings. The Balaban J connectivity index is 1.47. The number of benzene rings is 2. The summed E-state index contributed by atoms with van der Waals surface area (Å²) in [5.74, 6) is 0.0660. The lowest BCUT2D eigenvalue weighted by Gasteiger charge is -2.19. The number of aliphatic hydroxyl groups is 1. The van der Waals surface area contributed by atoms with E-state index in [1.165, 1.54) is 0 Å². The summed E-state index contributed by atoms with van der Waals surface area (Å²) in [5, 5.41) is 11.9. The smallest absolute Gasteiger partial charge is 0.313 e. The Morgan fingerprint density at radius 2 is 1.85 bits per heavy atom. The number of fused-ring (bicyclic) bond motifs is 2. The highest BCUT2D eigenvalue weighted by atomic mass is 16.6. The standard InChI is InChI=1S/C20H22O6/c1-11(12-3-4-14-8-15(23-2)6-5-13(14)7-12)20(22)26-17-10-25-18-16(21)9-24-19(17)18/h3-8,11,16-19,21H,9-10H2,1-2H3/t11-,16-,17+,18+,19+/m0/s1. The second-order valence-corrected chi connectivity index (χ2v) is 6.83. The Morgan fingerprint density at radius 3 is 2.65 bits per heavy atom. The van der Waals surface area contributed by atoms with Crippen LogP contribution in [-0.4, -0.2) is 55.8 Å². The molecule has 0 saturated carbocycles. The van der Waals surface area contributed by atoms with E-state index in [1.807, 2.05) is 43.3 Å². The summed E-state index contributed by atoms with van der Waals surface area (Å²) >= 11 is 0. The number of hydrogen-bond donors (Lipinski definition) is 1. The Morgan fingerprint density at radius 1 is 1.12 bits per heavy atom. The van der Waals surface area contributed by atoms with Crippen LogP contribution in [0, 0.1) is 0 Å². The Labute approximate surface area is 151 Å². The minimum Gasteiger partial charge on any atom is -0.497 e. The predicted molar refractivity (Wildman–Crippen MR) is 94.3 cm³/mol. The molecule has 26 heavy (non-hydrogen) atoms. The van der Waals surface area contributed by atoms with Crippen LogP contribution in [0.1, 0.15) is 18.4 Å². The van der Waals surface area contributed by atoms with Gasteiger partial charge in [-0.05, 0) is 35.4 Å². The fraction of sp³-hybridized carbons (Fsp3) is 0.450. The molecular formula is C20H22O6. The van der Waals surface area contributed by atoms with Crippen LogP contribution in [0.4, 0.5) is 0 Å². The molecule has 0 bridgehead atoms. The quantitative estimate of drug-likeness (QED) is 0.843. The zero-order valence-electron chi connectivity index (χ0n) is 14.8. The van der Waals surface area contributed by atoms with E-state index >= 15 is 0 Å². The summed E-state index contributed by atoms with van der Waals surface area (Å²) in [6.07, 6.45) is -1.92. The van der Waals surface area contributed by atoms with Crippen LogP contribution in [0.25, 0.3) is 10.8 Å². The second kappa shape index (κ2) is 6.87. The van der Waals surface area contributed by atoms with Crippen LogP contribution in [0.2, 0.25) is 0 Å². The van der Waals surface area contributed by atoms with Crippen molar-refractivity contribution in [3.8, 4) is 5.75 Å². The summed E-state index contributed by atoms with van der Waals surface area (Å²) < 4.78 is 21.9. The molecular weight excluding hydrogens is 336 g/mol. The van der Waals surface area contributed by atoms with Gasteiger partial charge in [-0.1, -0.05) is 24.3 Å². The highest BCUT2D eigenvalue weighted by molar-refractivity contribution is 5.86. The Bertz CT molecular complexity index is 819. The van der Waals surface area contributed by atoms with Crippen LogP contribution in [0.3, 0.4) is 0 Å². The summed E-state index contributed by atoms with van der Waals surface area (Å²) in [6.45, 7) is 2.29. The summed E-state index contributed by atoms with van der Waals surface area (Å²) in [5.41, 5.74) is 0.885. The van der Waals surface area contributed by atoms with Gasteiger partial charge in [-0.2, -0.15) is 0 Å². The predicted octanol–water partition coefficient (Wildman–Crippen LogP) is 2.02. The third-order valence-corrected chi connectivity index (χ3v) is 5.17. The molecule has 0 spiro atoms. The van der Waals surface area contributed by atoms with Gasteiger partial charge >= 0.3 is 5.97 Å². The van der Waals surface area contributed by atoms with Gasteiger partial charge in [-0.15, -0.1) is 0 Å². The number of hydrogen-bond acceptors (Lipinski definition) is 6. The van der Waals surface area contributed by atoms with Crippen molar-refractivity contribution in [1.29, 1.82) is 0 Å². The Hall–Kier alpha value is -2.15. The van der Waals surface area contributed by atoms with Crippen LogP contribution in [0.15, 0.2) is 36.4 Å². The molecule has 0 radical (unpaired) electrons. The monoisotopic (exact) mass is 358 g/mol. The van der Waals surface area contributed by atoms with E-state index in [4.69, 9.17) is 18.9 Å². The van der Waals surface area contributed by atoms with Gasteiger partial charge in [0.1, 0.15) is 24.1 Å². The first kappa shape index (κ1) is 17.3. The van der Waals surface area contributed by atoms with Gasteiger partial charge in [0.05, 0.1) is 26.2 Å². The molecule has 6 heteroatoms. The van der Waals surface area contributed by atoms with Gasteiger partial charge in [0, 0.05) is 0 Å². The molecule has 1 N–H and O–H groups in total. The third-order valence-electron chi connectivity index (χ3n) is 5.17. The lowest BCUT2D eigenvalue weighted by Crippen LogP contribution is -2.35. The number of rotatable bonds is 4. The van der Waals surface area contributed by atoms with Gasteiger partial charge in [0.25, 0.3) is 0 Å². The first-order valence-electron chi connectivity index (χ1n) is 8.76. The summed E-state index contributed by atoms with van der Waals surface area (Å²) in [7, 11) is 1.64. The van der Waals surface area contributed by atoms with Crippen molar-refractivity contribution < 1.29 is 28.8 Å². The number of aliphatic hydroxyl groups excluding tert-OH is 1. The minimum atomic E-state index is -0.654. The third kappa shape index (κ3) is 3.05. The molecule has 2 aliphatic heterocycles. The average Bonchev–Trinajstić information content (AvgIpc) is 3.23. The van der Waals surface area contributed by atoms with Crippen LogP contribution in [-0.2, 0) is 19.0 Å². The lowest BCUT2D eigenvalue weighted by molar-refractivity contribution is -0.155. The van der Waals surface area contributed by atoms with Gasteiger partial charge in [0.2, 0.25) is 0 Å². The molecule has 5 atom stereocenters. The zero-order chi connectivity index (χ0) is 18.3. The SMILES string of the molecule is COc1ccc2cc([C@H](C)C(=O)O[C@@H]3CO[C@H]4[C@@H]3OC[C@@H]4O)ccc2c1. The maximum Gasteiger partial charge on any atom is 0.313 e. The minimum absolute atomic E-state index is 0.215. The van der Waals surface area contributed by atoms with Gasteiger partial charge < -0.3 is 24.1 Å². The van der Waals surface area contributed by atoms with E-state index < -0.39 is 24.2 Å². The fourth-order valence-corrected chi connectivity index (χ4v) is 3.57.